The summed E-state index contributed by atoms with van der Waals surface area (Å²) in [5.74, 6) is 1.51. The lowest BCUT2D eigenvalue weighted by Gasteiger charge is -2.40. The second-order valence-corrected chi connectivity index (χ2v) is 14.3. The molecule has 1 N–H and O–H groups in total. The average Bonchev–Trinajstić information content (AvgIpc) is 3.77. The maximum atomic E-state index is 17.5. The number of benzene rings is 3. The molecule has 5 aromatic rings. The number of terminal acetylenes is 1. The summed E-state index contributed by atoms with van der Waals surface area (Å²) >= 11 is 0. The highest BCUT2D eigenvalue weighted by atomic mass is 19.1. The van der Waals surface area contributed by atoms with Gasteiger partial charge in [-0.25, -0.2) is 13.2 Å². The Kier molecular flexibility index (Phi) is 6.81. The number of halogens is 3. The van der Waals surface area contributed by atoms with Gasteiger partial charge in [-0.05, 0) is 68.4 Å². The SMILES string of the molecule is C#Cc1c(F)ccc2cc(O)cc(-c3c(F)c4nc(OC[C@@]56CCCN5C[C@H](F)C6)nc(N5CC6CCC(C5)N6C)c4c4cn(C)nc34)c12. The minimum atomic E-state index is -0.925. The summed E-state index contributed by atoms with van der Waals surface area (Å²) in [6.45, 7) is 2.79. The van der Waals surface area contributed by atoms with Crippen LogP contribution in [0.25, 0.3) is 43.7 Å². The molecule has 2 aromatic heterocycles. The number of aromatic nitrogens is 4. The molecule has 2 unspecified atom stereocenters. The number of hydrogen-bond acceptors (Lipinski definition) is 8. The molecular formula is C37H36F3N7O2. The molecular weight excluding hydrogens is 631 g/mol. The van der Waals surface area contributed by atoms with Crippen LogP contribution in [0.3, 0.4) is 0 Å². The number of ether oxygens (including phenoxy) is 1. The standard InChI is InChI=1S/C37H36F3N7O2/c1-4-25-28(39)9-6-20-12-24(48)13-26(29(20)25)30-32(40)34-31(27-18-44(2)43-33(27)30)35(46-16-22-7-8-23(17-46)45(22)3)42-36(41-34)49-19-37-10-5-11-47(37)15-21(38)14-37/h1,6,9,12-13,18,21-23,48H,5,7-8,10-11,14-17,19H2,2-3H3/t21-,22?,23?,37+/m1/s1. The van der Waals surface area contributed by atoms with Crippen molar-refractivity contribution in [3.05, 3.63) is 47.7 Å². The van der Waals surface area contributed by atoms with Crippen LogP contribution in [-0.2, 0) is 7.05 Å². The second-order valence-electron chi connectivity index (χ2n) is 14.3. The van der Waals surface area contributed by atoms with Gasteiger partial charge in [-0.1, -0.05) is 12.0 Å². The van der Waals surface area contributed by atoms with Crippen molar-refractivity contribution in [2.75, 3.05) is 44.7 Å². The Balaban J connectivity index is 1.29. The number of phenols is 1. The Morgan fingerprint density at radius 2 is 1.86 bits per heavy atom. The van der Waals surface area contributed by atoms with Crippen molar-refractivity contribution in [2.24, 2.45) is 7.05 Å². The van der Waals surface area contributed by atoms with E-state index in [0.29, 0.717) is 65.6 Å². The molecule has 9 nitrogen and oxygen atoms in total. The van der Waals surface area contributed by atoms with Crippen LogP contribution in [0.5, 0.6) is 11.8 Å². The molecule has 4 aliphatic rings. The zero-order valence-corrected chi connectivity index (χ0v) is 27.4. The number of fused-ring (bicyclic) bond motifs is 7. The normalized spacial score (nSPS) is 25.6. The van der Waals surface area contributed by atoms with E-state index >= 15 is 8.78 Å². The number of piperazine rings is 1. The van der Waals surface area contributed by atoms with Gasteiger partial charge in [-0.15, -0.1) is 6.42 Å². The van der Waals surface area contributed by atoms with Gasteiger partial charge in [0.15, 0.2) is 5.82 Å². The quantitative estimate of drug-likeness (QED) is 0.245. The molecule has 0 aliphatic carbocycles. The van der Waals surface area contributed by atoms with Crippen molar-refractivity contribution in [3.63, 3.8) is 0 Å². The van der Waals surface area contributed by atoms with Gasteiger partial charge in [-0.3, -0.25) is 14.5 Å². The van der Waals surface area contributed by atoms with Gasteiger partial charge >= 0.3 is 6.01 Å². The smallest absolute Gasteiger partial charge is 0.319 e. The molecule has 6 heterocycles. The Bertz CT molecular complexity index is 2220. The van der Waals surface area contributed by atoms with E-state index in [9.17, 15) is 9.50 Å². The van der Waals surface area contributed by atoms with Gasteiger partial charge in [-0.2, -0.15) is 15.1 Å². The Labute approximate surface area is 281 Å². The fourth-order valence-electron chi connectivity index (χ4n) is 9.15. The minimum absolute atomic E-state index is 0.0153. The summed E-state index contributed by atoms with van der Waals surface area (Å²) in [5, 5.41) is 17.4. The number of alkyl halides is 1. The molecule has 4 aliphatic heterocycles. The van der Waals surface area contributed by atoms with Gasteiger partial charge in [0.05, 0.1) is 16.5 Å². The molecule has 0 spiro atoms. The van der Waals surface area contributed by atoms with E-state index in [1.54, 1.807) is 11.7 Å². The number of phenolic OH excluding ortho intramolecular Hbond substituents is 1. The number of likely N-dealkylation sites (N-methyl/N-ethyl adjacent to an activating group) is 1. The van der Waals surface area contributed by atoms with E-state index in [2.05, 4.69) is 27.7 Å². The van der Waals surface area contributed by atoms with Crippen LogP contribution in [0.2, 0.25) is 0 Å². The third kappa shape index (κ3) is 4.58. The molecule has 252 valence electrons. The summed E-state index contributed by atoms with van der Waals surface area (Å²) < 4.78 is 55.3. The van der Waals surface area contributed by atoms with Crippen molar-refractivity contribution in [1.29, 1.82) is 0 Å². The highest BCUT2D eigenvalue weighted by molar-refractivity contribution is 6.18. The van der Waals surface area contributed by atoms with Crippen LogP contribution < -0.4 is 9.64 Å². The van der Waals surface area contributed by atoms with Crippen LogP contribution in [-0.4, -0.2) is 98.3 Å². The number of hydrogen-bond donors (Lipinski definition) is 1. The van der Waals surface area contributed by atoms with Gasteiger partial charge < -0.3 is 14.7 Å². The van der Waals surface area contributed by atoms with Gasteiger partial charge in [0.1, 0.15) is 41.2 Å². The first-order chi connectivity index (χ1) is 23.6. The number of aromatic hydroxyl groups is 1. The van der Waals surface area contributed by atoms with Crippen molar-refractivity contribution in [2.45, 2.75) is 55.9 Å². The lowest BCUT2D eigenvalue weighted by atomic mass is 9.91. The average molecular weight is 668 g/mol. The second kappa shape index (κ2) is 11.0. The largest absolute Gasteiger partial charge is 0.508 e. The number of anilines is 1. The number of rotatable bonds is 5. The van der Waals surface area contributed by atoms with Crippen molar-refractivity contribution in [3.8, 4) is 35.2 Å². The fourth-order valence-corrected chi connectivity index (χ4v) is 9.15. The molecule has 0 radical (unpaired) electrons. The zero-order chi connectivity index (χ0) is 33.8. The molecule has 49 heavy (non-hydrogen) atoms. The van der Waals surface area contributed by atoms with Crippen molar-refractivity contribution < 1.29 is 23.0 Å². The van der Waals surface area contributed by atoms with E-state index in [4.69, 9.17) is 26.2 Å². The summed E-state index contributed by atoms with van der Waals surface area (Å²) in [6.07, 6.45) is 10.9. The van der Waals surface area contributed by atoms with E-state index in [1.165, 1.54) is 24.3 Å². The van der Waals surface area contributed by atoms with Gasteiger partial charge in [0, 0.05) is 67.7 Å². The van der Waals surface area contributed by atoms with Crippen LogP contribution in [0, 0.1) is 24.0 Å². The minimum Gasteiger partial charge on any atom is -0.508 e. The van der Waals surface area contributed by atoms with E-state index in [0.717, 1.165) is 32.2 Å². The maximum Gasteiger partial charge on any atom is 0.319 e. The third-order valence-corrected chi connectivity index (χ3v) is 11.5. The molecule has 4 atom stereocenters. The van der Waals surface area contributed by atoms with Crippen molar-refractivity contribution in [1.82, 2.24) is 29.5 Å². The first kappa shape index (κ1) is 30.5. The molecule has 12 heteroatoms. The Hall–Kier alpha value is -4.60. The molecule has 9 rings (SSSR count). The van der Waals surface area contributed by atoms with Crippen LogP contribution in [0.15, 0.2) is 30.5 Å². The molecule has 3 aromatic carbocycles. The summed E-state index contributed by atoms with van der Waals surface area (Å²) in [6, 6.07) is 6.26. The summed E-state index contributed by atoms with van der Waals surface area (Å²) in [4.78, 5) is 16.5. The predicted molar refractivity (Wildman–Crippen MR) is 182 cm³/mol. The van der Waals surface area contributed by atoms with E-state index in [-0.39, 0.29) is 46.0 Å². The summed E-state index contributed by atoms with van der Waals surface area (Å²) in [7, 11) is 3.90. The highest BCUT2D eigenvalue weighted by Crippen LogP contribution is 2.46. The maximum absolute atomic E-state index is 17.5. The first-order valence-electron chi connectivity index (χ1n) is 16.9. The van der Waals surface area contributed by atoms with Crippen molar-refractivity contribution >= 4 is 38.4 Å². The van der Waals surface area contributed by atoms with E-state index in [1.807, 2.05) is 6.20 Å². The molecule has 0 amide bonds. The molecule has 4 fully saturated rings. The predicted octanol–water partition coefficient (Wildman–Crippen LogP) is 5.54. The third-order valence-electron chi connectivity index (χ3n) is 11.5. The molecule has 0 saturated carbocycles. The molecule has 2 bridgehead atoms. The number of aryl methyl sites for hydroxylation is 1. The Morgan fingerprint density at radius 1 is 1.06 bits per heavy atom. The van der Waals surface area contributed by atoms with Gasteiger partial charge in [0.25, 0.3) is 0 Å². The fraction of sp³-hybridized carbons (Fsp3) is 0.432. The van der Waals surface area contributed by atoms with Crippen LogP contribution in [0.1, 0.15) is 37.7 Å². The zero-order valence-electron chi connectivity index (χ0n) is 27.4. The first-order valence-corrected chi connectivity index (χ1v) is 16.9. The highest BCUT2D eigenvalue weighted by Gasteiger charge is 2.49. The lowest BCUT2D eigenvalue weighted by molar-refractivity contribution is 0.107. The van der Waals surface area contributed by atoms with Gasteiger partial charge in [0.2, 0.25) is 0 Å². The Morgan fingerprint density at radius 3 is 2.63 bits per heavy atom. The molecule has 4 saturated heterocycles. The number of nitrogens with zero attached hydrogens (tertiary/aromatic N) is 7. The van der Waals surface area contributed by atoms with Crippen LogP contribution >= 0.6 is 0 Å². The van der Waals surface area contributed by atoms with E-state index < -0.39 is 23.3 Å². The topological polar surface area (TPSA) is 82.8 Å². The monoisotopic (exact) mass is 667 g/mol. The summed E-state index contributed by atoms with van der Waals surface area (Å²) in [5.41, 5.74) is 0.0792. The van der Waals surface area contributed by atoms with Crippen LogP contribution in [0.4, 0.5) is 19.0 Å². The lowest BCUT2D eigenvalue weighted by Crippen LogP contribution is -2.52.